The van der Waals surface area contributed by atoms with Crippen molar-refractivity contribution in [3.8, 4) is 0 Å². The molecule has 1 saturated heterocycles. The Balaban J connectivity index is 1.32. The van der Waals surface area contributed by atoms with Gasteiger partial charge in [0.2, 0.25) is 6.29 Å². The van der Waals surface area contributed by atoms with Crippen LogP contribution in [0.15, 0.2) is 17.6 Å². The summed E-state index contributed by atoms with van der Waals surface area (Å²) in [6, 6.07) is 2.30. The molecule has 154 valence electrons. The molecule has 1 saturated carbocycles. The van der Waals surface area contributed by atoms with Crippen LogP contribution >= 0.6 is 11.3 Å². The summed E-state index contributed by atoms with van der Waals surface area (Å²) in [5.74, 6) is 0.821. The molecule has 0 spiro atoms. The third-order valence-corrected chi connectivity index (χ3v) is 6.13. The molecule has 0 amide bonds. The van der Waals surface area contributed by atoms with Crippen LogP contribution in [0.1, 0.15) is 59.9 Å². The quantitative estimate of drug-likeness (QED) is 0.524. The molecule has 1 unspecified atom stereocenters. The highest BCUT2D eigenvalue weighted by atomic mass is 32.1. The summed E-state index contributed by atoms with van der Waals surface area (Å²) in [5.41, 5.74) is 2.04. The molecule has 29 heavy (non-hydrogen) atoms. The summed E-state index contributed by atoms with van der Waals surface area (Å²) in [7, 11) is 1.97. The van der Waals surface area contributed by atoms with E-state index in [1.807, 2.05) is 28.0 Å². The zero-order valence-electron chi connectivity index (χ0n) is 16.3. The van der Waals surface area contributed by atoms with E-state index < -0.39 is 0 Å². The Morgan fingerprint density at radius 2 is 2.17 bits per heavy atom. The van der Waals surface area contributed by atoms with Crippen LogP contribution in [0.3, 0.4) is 0 Å². The van der Waals surface area contributed by atoms with Gasteiger partial charge in [0.05, 0.1) is 19.3 Å². The minimum atomic E-state index is -0.370. The first-order valence-electron chi connectivity index (χ1n) is 9.96. The molecule has 10 nitrogen and oxygen atoms in total. The Bertz CT molecular complexity index is 943. The summed E-state index contributed by atoms with van der Waals surface area (Å²) in [4.78, 5) is 4.80. The zero-order chi connectivity index (χ0) is 19.6. The predicted octanol–water partition coefficient (Wildman–Crippen LogP) is 1.56. The number of aryl methyl sites for hydroxylation is 2. The van der Waals surface area contributed by atoms with Crippen LogP contribution in [0.2, 0.25) is 0 Å². The molecule has 4 heterocycles. The summed E-state index contributed by atoms with van der Waals surface area (Å²) < 4.78 is 15.1. The lowest BCUT2D eigenvalue weighted by Crippen LogP contribution is -2.27. The number of thiazole rings is 1. The molecular formula is C18H24N8O2S. The first kappa shape index (κ1) is 18.8. The summed E-state index contributed by atoms with van der Waals surface area (Å²) in [5, 5.41) is 23.3. The average molecular weight is 417 g/mol. The lowest BCUT2D eigenvalue weighted by atomic mass is 10.2. The summed E-state index contributed by atoms with van der Waals surface area (Å²) in [6.07, 6.45) is 5.64. The van der Waals surface area contributed by atoms with E-state index >= 15 is 0 Å². The van der Waals surface area contributed by atoms with E-state index in [4.69, 9.17) is 14.5 Å². The van der Waals surface area contributed by atoms with Crippen LogP contribution in [0.5, 0.6) is 0 Å². The van der Waals surface area contributed by atoms with E-state index in [0.29, 0.717) is 19.3 Å². The number of tetrazole rings is 1. The first-order chi connectivity index (χ1) is 14.3. The van der Waals surface area contributed by atoms with Crippen molar-refractivity contribution in [3.63, 3.8) is 0 Å². The normalized spacial score (nSPS) is 18.5. The average Bonchev–Trinajstić information content (AvgIpc) is 3.21. The largest absolute Gasteiger partial charge is 0.345 e. The Hall–Kier alpha value is -2.21. The minimum absolute atomic E-state index is 0.155. The SMILES string of the molecule is Cn1nccc1CCCNC(c1nc(C2OCCO2)cs1)c1nnnn1C1CC1. The second-order valence-electron chi connectivity index (χ2n) is 7.33. The topological polar surface area (TPSA) is 105 Å². The van der Waals surface area contributed by atoms with Gasteiger partial charge in [0.25, 0.3) is 0 Å². The van der Waals surface area contributed by atoms with Crippen LogP contribution < -0.4 is 5.32 Å². The van der Waals surface area contributed by atoms with Crippen molar-refractivity contribution in [2.45, 2.75) is 44.1 Å². The maximum absolute atomic E-state index is 5.59. The second-order valence-corrected chi connectivity index (χ2v) is 8.22. The molecule has 1 N–H and O–H groups in total. The van der Waals surface area contributed by atoms with Gasteiger partial charge in [0.15, 0.2) is 5.82 Å². The summed E-state index contributed by atoms with van der Waals surface area (Å²) >= 11 is 1.59. The Labute approximate surface area is 172 Å². The van der Waals surface area contributed by atoms with E-state index in [0.717, 1.165) is 48.8 Å². The molecule has 5 rings (SSSR count). The van der Waals surface area contributed by atoms with Gasteiger partial charge >= 0.3 is 0 Å². The number of nitrogens with one attached hydrogen (secondary N) is 1. The van der Waals surface area contributed by atoms with E-state index in [-0.39, 0.29) is 12.3 Å². The first-order valence-corrected chi connectivity index (χ1v) is 10.8. The molecule has 1 aliphatic carbocycles. The number of ether oxygens (including phenoxy) is 2. The van der Waals surface area contributed by atoms with Gasteiger partial charge in [-0.3, -0.25) is 4.68 Å². The third-order valence-electron chi connectivity index (χ3n) is 5.20. The van der Waals surface area contributed by atoms with Crippen LogP contribution in [-0.4, -0.2) is 54.7 Å². The van der Waals surface area contributed by atoms with Crippen molar-refractivity contribution in [3.05, 3.63) is 39.9 Å². The Morgan fingerprint density at radius 1 is 1.31 bits per heavy atom. The number of nitrogens with zero attached hydrogens (tertiary/aromatic N) is 7. The monoisotopic (exact) mass is 416 g/mol. The maximum Gasteiger partial charge on any atom is 0.202 e. The molecular weight excluding hydrogens is 392 g/mol. The van der Waals surface area contributed by atoms with E-state index in [9.17, 15) is 0 Å². The van der Waals surface area contributed by atoms with Crippen molar-refractivity contribution in [2.24, 2.45) is 7.05 Å². The van der Waals surface area contributed by atoms with Crippen LogP contribution in [0.4, 0.5) is 0 Å². The fraction of sp³-hybridized carbons (Fsp3) is 0.611. The zero-order valence-corrected chi connectivity index (χ0v) is 17.1. The maximum atomic E-state index is 5.59. The standard InChI is InChI=1S/C18H24N8O2S/c1-25-12(6-8-20-25)3-2-7-19-15(16-22-23-24-26(16)13-4-5-13)17-21-14(11-29-17)18-27-9-10-28-18/h6,8,11,13,15,18-19H,2-5,7,9-10H2,1H3. The molecule has 3 aromatic rings. The van der Waals surface area contributed by atoms with Crippen molar-refractivity contribution in [1.29, 1.82) is 0 Å². The number of rotatable bonds is 9. The highest BCUT2D eigenvalue weighted by molar-refractivity contribution is 7.09. The molecule has 1 aliphatic heterocycles. The highest BCUT2D eigenvalue weighted by Crippen LogP contribution is 2.37. The van der Waals surface area contributed by atoms with E-state index in [2.05, 4.69) is 32.0 Å². The molecule has 2 fully saturated rings. The Morgan fingerprint density at radius 3 is 2.93 bits per heavy atom. The van der Waals surface area contributed by atoms with Gasteiger partial charge in [-0.15, -0.1) is 16.4 Å². The molecule has 0 bridgehead atoms. The van der Waals surface area contributed by atoms with E-state index in [1.165, 1.54) is 5.69 Å². The van der Waals surface area contributed by atoms with E-state index in [1.54, 1.807) is 11.3 Å². The van der Waals surface area contributed by atoms with Crippen LogP contribution in [-0.2, 0) is 22.9 Å². The Kier molecular flexibility index (Phi) is 5.36. The third kappa shape index (κ3) is 4.08. The van der Waals surface area contributed by atoms with Crippen molar-refractivity contribution >= 4 is 11.3 Å². The fourth-order valence-electron chi connectivity index (χ4n) is 3.49. The number of hydrogen-bond acceptors (Lipinski definition) is 9. The molecule has 0 aromatic carbocycles. The number of aromatic nitrogens is 7. The van der Waals surface area contributed by atoms with Crippen molar-refractivity contribution in [2.75, 3.05) is 19.8 Å². The summed E-state index contributed by atoms with van der Waals surface area (Å²) in [6.45, 7) is 2.03. The van der Waals surface area contributed by atoms with Crippen LogP contribution in [0.25, 0.3) is 0 Å². The van der Waals surface area contributed by atoms with Crippen LogP contribution in [0, 0.1) is 0 Å². The second kappa shape index (κ2) is 8.27. The van der Waals surface area contributed by atoms with Gasteiger partial charge in [0.1, 0.15) is 16.7 Å². The van der Waals surface area contributed by atoms with Gasteiger partial charge < -0.3 is 14.8 Å². The molecule has 0 radical (unpaired) electrons. The molecule has 1 atom stereocenters. The lowest BCUT2D eigenvalue weighted by Gasteiger charge is -2.16. The van der Waals surface area contributed by atoms with Gasteiger partial charge in [-0.1, -0.05) is 0 Å². The van der Waals surface area contributed by atoms with Gasteiger partial charge in [-0.05, 0) is 48.7 Å². The predicted molar refractivity (Wildman–Crippen MR) is 104 cm³/mol. The molecule has 2 aliphatic rings. The highest BCUT2D eigenvalue weighted by Gasteiger charge is 2.33. The van der Waals surface area contributed by atoms with Gasteiger partial charge in [-0.25, -0.2) is 9.67 Å². The molecule has 3 aromatic heterocycles. The fourth-order valence-corrected chi connectivity index (χ4v) is 4.38. The van der Waals surface area contributed by atoms with Crippen molar-refractivity contribution in [1.82, 2.24) is 40.3 Å². The number of hydrogen-bond donors (Lipinski definition) is 1. The molecule has 11 heteroatoms. The minimum Gasteiger partial charge on any atom is -0.345 e. The lowest BCUT2D eigenvalue weighted by molar-refractivity contribution is -0.0469. The van der Waals surface area contributed by atoms with Crippen molar-refractivity contribution < 1.29 is 9.47 Å². The van der Waals surface area contributed by atoms with Gasteiger partial charge in [-0.2, -0.15) is 5.10 Å². The smallest absolute Gasteiger partial charge is 0.202 e. The van der Waals surface area contributed by atoms with Gasteiger partial charge in [0, 0.05) is 24.3 Å².